The first-order valence-corrected chi connectivity index (χ1v) is 6.59. The molecule has 0 aliphatic heterocycles. The topological polar surface area (TPSA) is 107 Å². The molecule has 0 aliphatic rings. The van der Waals surface area contributed by atoms with E-state index in [1.54, 1.807) is 0 Å². The largest absolute Gasteiger partial charge is 0.701 e. The van der Waals surface area contributed by atoms with Crippen LogP contribution in [0.2, 0.25) is 19.6 Å². The van der Waals surface area contributed by atoms with Crippen molar-refractivity contribution in [3.05, 3.63) is 26.2 Å². The summed E-state index contributed by atoms with van der Waals surface area (Å²) in [5, 5.41) is 15.2. The van der Waals surface area contributed by atoms with E-state index < -0.39 is 14.4 Å². The van der Waals surface area contributed by atoms with Gasteiger partial charge in [0.25, 0.3) is 0 Å². The maximum absolute atomic E-state index is 7.61. The van der Waals surface area contributed by atoms with Gasteiger partial charge in [0, 0.05) is 19.5 Å². The SMILES string of the molecule is CC(O)O.[C-]#C[Si](C)(C)C.[CH3-].[NH2-].[NH2-].[Rh]. The number of aliphatic hydroxyl groups excluding tert-OH is 1. The fraction of sp³-hybridized carbons (Fsp3) is 0.625. The Morgan fingerprint density at radius 1 is 1.14 bits per heavy atom. The molecule has 0 unspecified atom stereocenters. The summed E-state index contributed by atoms with van der Waals surface area (Å²) in [6.07, 6.45) is 5.50. The predicted molar refractivity (Wildman–Crippen MR) is 61.4 cm³/mol. The van der Waals surface area contributed by atoms with Gasteiger partial charge in [-0.05, 0) is 6.92 Å². The maximum Gasteiger partial charge on any atom is 0.148 e. The van der Waals surface area contributed by atoms with Crippen molar-refractivity contribution < 1.29 is 29.7 Å². The predicted octanol–water partition coefficient (Wildman–Crippen LogP) is 2.65. The van der Waals surface area contributed by atoms with Gasteiger partial charge in [0.15, 0.2) is 0 Å². The molecule has 0 aliphatic carbocycles. The molecule has 0 atom stereocenters. The maximum atomic E-state index is 7.61. The summed E-state index contributed by atoms with van der Waals surface area (Å²) < 4.78 is 0. The van der Waals surface area contributed by atoms with Crippen molar-refractivity contribution in [2.24, 2.45) is 0 Å². The van der Waals surface area contributed by atoms with Gasteiger partial charge >= 0.3 is 0 Å². The molecule has 6 N–H and O–H groups in total. The molecule has 6 heteroatoms. The third kappa shape index (κ3) is 147. The van der Waals surface area contributed by atoms with Crippen LogP contribution in [0.4, 0.5) is 0 Å². The van der Waals surface area contributed by atoms with E-state index in [2.05, 4.69) is 25.2 Å². The van der Waals surface area contributed by atoms with Gasteiger partial charge in [-0.25, -0.2) is 0 Å². The van der Waals surface area contributed by atoms with Crippen LogP contribution in [0, 0.1) is 19.4 Å². The molecule has 4 nitrogen and oxygen atoms in total. The molecular formula is C8H22N2O2RhSi-4. The van der Waals surface area contributed by atoms with E-state index in [9.17, 15) is 0 Å². The Balaban J connectivity index is -0.0000000185. The second-order valence-electron chi connectivity index (χ2n) is 3.01. The van der Waals surface area contributed by atoms with Gasteiger partial charge in [0.2, 0.25) is 0 Å². The zero-order chi connectivity index (χ0) is 8.78. The minimum absolute atomic E-state index is 0. The van der Waals surface area contributed by atoms with Crippen molar-refractivity contribution in [1.29, 1.82) is 0 Å². The van der Waals surface area contributed by atoms with Crippen LogP contribution >= 0.6 is 0 Å². The minimum atomic E-state index is -1.21. The molecule has 0 bridgehead atoms. The Hall–Kier alpha value is 0.240. The Morgan fingerprint density at radius 3 is 1.21 bits per heavy atom. The van der Waals surface area contributed by atoms with Crippen LogP contribution in [0.1, 0.15) is 6.92 Å². The van der Waals surface area contributed by atoms with E-state index in [1.165, 1.54) is 6.92 Å². The molecule has 93 valence electrons. The van der Waals surface area contributed by atoms with Crippen molar-refractivity contribution in [3.63, 3.8) is 0 Å². The summed E-state index contributed by atoms with van der Waals surface area (Å²) in [6, 6.07) is 0. The monoisotopic (exact) mass is 309 g/mol. The first kappa shape index (κ1) is 36.8. The van der Waals surface area contributed by atoms with Gasteiger partial charge in [0.1, 0.15) is 6.29 Å². The molecule has 1 radical (unpaired) electrons. The Bertz CT molecular complexity index is 119. The molecule has 0 fully saturated rings. The van der Waals surface area contributed by atoms with Gasteiger partial charge in [-0.3, -0.25) is 0 Å². The van der Waals surface area contributed by atoms with Crippen LogP contribution in [-0.2, 0) is 19.5 Å². The fourth-order valence-electron chi connectivity index (χ4n) is 0. The van der Waals surface area contributed by atoms with Crippen LogP contribution in [0.3, 0.4) is 0 Å². The second kappa shape index (κ2) is 18.9. The molecular weight excluding hydrogens is 287 g/mol. The molecule has 0 aromatic rings. The number of hydrogen-bond donors (Lipinski definition) is 2. The molecule has 0 heterocycles. The number of rotatable bonds is 0. The molecule has 0 amide bonds. The van der Waals surface area contributed by atoms with Gasteiger partial charge in [-0.1, -0.05) is 19.6 Å². The second-order valence-corrected chi connectivity index (χ2v) is 7.76. The van der Waals surface area contributed by atoms with E-state index in [0.717, 1.165) is 0 Å². The number of aliphatic hydroxyl groups is 2. The van der Waals surface area contributed by atoms with Crippen LogP contribution in [-0.4, -0.2) is 24.6 Å². The molecule has 0 aromatic carbocycles. The summed E-state index contributed by atoms with van der Waals surface area (Å²) in [5.41, 5.74) is 2.49. The van der Waals surface area contributed by atoms with Gasteiger partial charge in [-0.2, -0.15) is 0 Å². The first-order chi connectivity index (χ1) is 4.29. The zero-order valence-electron chi connectivity index (χ0n) is 9.46. The van der Waals surface area contributed by atoms with E-state index >= 15 is 0 Å². The van der Waals surface area contributed by atoms with E-state index in [1.807, 2.05) is 0 Å². The van der Waals surface area contributed by atoms with E-state index in [4.69, 9.17) is 16.6 Å². The third-order valence-electron chi connectivity index (χ3n) is 0.375. The van der Waals surface area contributed by atoms with Crippen molar-refractivity contribution >= 4 is 8.07 Å². The number of hydrogen-bond acceptors (Lipinski definition) is 2. The molecule has 0 spiro atoms. The van der Waals surface area contributed by atoms with Crippen LogP contribution in [0.5, 0.6) is 0 Å². The summed E-state index contributed by atoms with van der Waals surface area (Å²) in [7, 11) is -1.21. The van der Waals surface area contributed by atoms with Crippen LogP contribution in [0.25, 0.3) is 12.3 Å². The third-order valence-corrected chi connectivity index (χ3v) is 1.12. The zero-order valence-corrected chi connectivity index (χ0v) is 12.1. The van der Waals surface area contributed by atoms with Crippen LogP contribution in [0.15, 0.2) is 0 Å². The first-order valence-electron chi connectivity index (χ1n) is 3.09. The van der Waals surface area contributed by atoms with Gasteiger partial charge in [0.05, 0.1) is 8.07 Å². The van der Waals surface area contributed by atoms with Gasteiger partial charge in [-0.15, -0.1) is 0 Å². The smallest absolute Gasteiger partial charge is 0.148 e. The van der Waals surface area contributed by atoms with Crippen molar-refractivity contribution in [1.82, 2.24) is 0 Å². The van der Waals surface area contributed by atoms with Gasteiger partial charge < -0.3 is 41.9 Å². The Labute approximate surface area is 102 Å². The summed E-state index contributed by atoms with van der Waals surface area (Å²) in [5.74, 6) is 0. The summed E-state index contributed by atoms with van der Waals surface area (Å²) in [4.78, 5) is 0. The molecule has 0 rings (SSSR count). The Kier molecular flexibility index (Phi) is 49.7. The van der Waals surface area contributed by atoms with Crippen molar-refractivity contribution in [3.8, 4) is 5.54 Å². The average molecular weight is 309 g/mol. The van der Waals surface area contributed by atoms with Crippen molar-refractivity contribution in [2.45, 2.75) is 32.9 Å². The molecule has 0 saturated carbocycles. The standard InChI is InChI=1S/C5H9Si.C2H6O2.CH3.2H2N.Rh/c1-5-6(2,3)4;1-2(3)4;;;;/h2-4H3;2-4H,1H3;1H3;2*1H2;/q-1;;3*-1;. The Morgan fingerprint density at radius 2 is 1.21 bits per heavy atom. The number of nitrogens with two attached hydrogens (primary N) is 2. The summed E-state index contributed by atoms with van der Waals surface area (Å²) in [6.45, 7) is 7.53. The minimum Gasteiger partial charge on any atom is -0.701 e. The fourth-order valence-corrected chi connectivity index (χ4v) is 0. The van der Waals surface area contributed by atoms with Crippen LogP contribution < -0.4 is 0 Å². The summed E-state index contributed by atoms with van der Waals surface area (Å²) >= 11 is 0. The molecule has 0 aromatic heterocycles. The molecule has 0 saturated heterocycles. The van der Waals surface area contributed by atoms with E-state index in [-0.39, 0.29) is 39.2 Å². The quantitative estimate of drug-likeness (QED) is 0.310. The normalized spacial score (nSPS) is 7.00. The van der Waals surface area contributed by atoms with Crippen molar-refractivity contribution in [2.75, 3.05) is 0 Å². The average Bonchev–Trinajstić information content (AvgIpc) is 1.63. The van der Waals surface area contributed by atoms with E-state index in [0.29, 0.717) is 0 Å². The molecule has 14 heavy (non-hydrogen) atoms.